The fourth-order valence-electron chi connectivity index (χ4n) is 2.24. The van der Waals surface area contributed by atoms with Gasteiger partial charge in [-0.05, 0) is 50.9 Å². The lowest BCUT2D eigenvalue weighted by molar-refractivity contribution is 0.188. The summed E-state index contributed by atoms with van der Waals surface area (Å²) in [5, 5.41) is 13.5. The molecule has 1 aliphatic carbocycles. The number of nitrogens with one attached hydrogen (secondary N) is 1. The van der Waals surface area contributed by atoms with E-state index in [2.05, 4.69) is 36.5 Å². The third kappa shape index (κ3) is 3.24. The van der Waals surface area contributed by atoms with Gasteiger partial charge in [-0.3, -0.25) is 0 Å². The van der Waals surface area contributed by atoms with Crippen LogP contribution in [0.4, 0.5) is 0 Å². The van der Waals surface area contributed by atoms with Crippen LogP contribution in [0.2, 0.25) is 0 Å². The van der Waals surface area contributed by atoms with Crippen molar-refractivity contribution in [2.75, 3.05) is 7.05 Å². The van der Waals surface area contributed by atoms with E-state index in [-0.39, 0.29) is 6.10 Å². The van der Waals surface area contributed by atoms with Crippen molar-refractivity contribution in [2.24, 2.45) is 0 Å². The molecular weight excluding hydrogens is 230 g/mol. The molecule has 0 aliphatic heterocycles. The quantitative estimate of drug-likeness (QED) is 0.863. The van der Waals surface area contributed by atoms with E-state index in [0.29, 0.717) is 11.3 Å². The van der Waals surface area contributed by atoms with Gasteiger partial charge in [-0.25, -0.2) is 0 Å². The summed E-state index contributed by atoms with van der Waals surface area (Å²) in [6, 6.07) is 9.01. The first-order chi connectivity index (χ1) is 8.20. The van der Waals surface area contributed by atoms with Gasteiger partial charge in [0.05, 0.1) is 6.10 Å². The summed E-state index contributed by atoms with van der Waals surface area (Å²) in [4.78, 5) is 1.27. The van der Waals surface area contributed by atoms with Crippen molar-refractivity contribution in [3.05, 3.63) is 29.8 Å². The van der Waals surface area contributed by atoms with Crippen LogP contribution < -0.4 is 5.32 Å². The van der Waals surface area contributed by atoms with Crippen LogP contribution in [0.25, 0.3) is 0 Å². The Hall–Kier alpha value is -0.510. The molecular formula is C14H21NOS. The monoisotopic (exact) mass is 251 g/mol. The van der Waals surface area contributed by atoms with Crippen LogP contribution in [0, 0.1) is 0 Å². The molecule has 0 aromatic heterocycles. The number of aliphatic hydroxyl groups is 1. The molecule has 0 saturated heterocycles. The van der Waals surface area contributed by atoms with Gasteiger partial charge in [0.25, 0.3) is 0 Å². The van der Waals surface area contributed by atoms with Crippen molar-refractivity contribution in [1.82, 2.24) is 5.32 Å². The molecule has 1 fully saturated rings. The van der Waals surface area contributed by atoms with Gasteiger partial charge in [-0.2, -0.15) is 0 Å². The molecule has 2 rings (SSSR count). The number of thioether (sulfide) groups is 1. The van der Waals surface area contributed by atoms with E-state index in [9.17, 15) is 5.11 Å². The lowest BCUT2D eigenvalue weighted by Gasteiger charge is -2.16. The second-order valence-electron chi connectivity index (χ2n) is 4.74. The second-order valence-corrected chi connectivity index (χ2v) is 6.05. The molecule has 0 amide bonds. The Morgan fingerprint density at radius 1 is 1.41 bits per heavy atom. The normalized spacial score (nSPS) is 26.1. The second kappa shape index (κ2) is 5.89. The Balaban J connectivity index is 2.05. The van der Waals surface area contributed by atoms with Crippen LogP contribution >= 0.6 is 11.8 Å². The van der Waals surface area contributed by atoms with E-state index >= 15 is 0 Å². The van der Waals surface area contributed by atoms with Crippen molar-refractivity contribution in [3.63, 3.8) is 0 Å². The molecule has 3 atom stereocenters. The third-order valence-electron chi connectivity index (χ3n) is 3.50. The highest BCUT2D eigenvalue weighted by atomic mass is 32.2. The fraction of sp³-hybridized carbons (Fsp3) is 0.571. The van der Waals surface area contributed by atoms with Gasteiger partial charge in [0.2, 0.25) is 0 Å². The molecule has 0 radical (unpaired) electrons. The van der Waals surface area contributed by atoms with Crippen LogP contribution in [-0.4, -0.2) is 23.5 Å². The molecule has 1 aliphatic rings. The molecule has 1 aromatic rings. The van der Waals surface area contributed by atoms with Crippen molar-refractivity contribution in [2.45, 2.75) is 48.5 Å². The van der Waals surface area contributed by atoms with Crippen LogP contribution in [0.15, 0.2) is 29.2 Å². The van der Waals surface area contributed by atoms with Gasteiger partial charge < -0.3 is 10.4 Å². The first kappa shape index (κ1) is 12.9. The minimum atomic E-state index is -0.120. The van der Waals surface area contributed by atoms with Crippen LogP contribution in [0.5, 0.6) is 0 Å². The SMILES string of the molecule is CNC(C)c1cccc(SC2CCCC2O)c1. The van der Waals surface area contributed by atoms with E-state index in [0.717, 1.165) is 19.3 Å². The highest BCUT2D eigenvalue weighted by Crippen LogP contribution is 2.35. The maximum atomic E-state index is 9.84. The predicted octanol–water partition coefficient (Wildman–Crippen LogP) is 2.97. The molecule has 2 nitrogen and oxygen atoms in total. The fourth-order valence-corrected chi connectivity index (χ4v) is 3.53. The molecule has 94 valence electrons. The number of benzene rings is 1. The Morgan fingerprint density at radius 3 is 2.88 bits per heavy atom. The predicted molar refractivity (Wildman–Crippen MR) is 73.4 cm³/mol. The smallest absolute Gasteiger partial charge is 0.0662 e. The lowest BCUT2D eigenvalue weighted by Crippen LogP contribution is -2.15. The molecule has 3 heteroatoms. The van der Waals surface area contributed by atoms with Crippen molar-refractivity contribution in [1.29, 1.82) is 0 Å². The molecule has 0 heterocycles. The topological polar surface area (TPSA) is 32.3 Å². The van der Waals surface area contributed by atoms with Crippen LogP contribution in [0.3, 0.4) is 0 Å². The van der Waals surface area contributed by atoms with Crippen molar-refractivity contribution >= 4 is 11.8 Å². The Kier molecular flexibility index (Phi) is 4.48. The zero-order chi connectivity index (χ0) is 12.3. The zero-order valence-electron chi connectivity index (χ0n) is 10.5. The summed E-state index contributed by atoms with van der Waals surface area (Å²) in [5.74, 6) is 0. The molecule has 3 unspecified atom stereocenters. The summed E-state index contributed by atoms with van der Waals surface area (Å²) >= 11 is 1.82. The Morgan fingerprint density at radius 2 is 2.24 bits per heavy atom. The highest BCUT2D eigenvalue weighted by molar-refractivity contribution is 8.00. The molecule has 0 spiro atoms. The number of hydrogen-bond donors (Lipinski definition) is 2. The van der Waals surface area contributed by atoms with Gasteiger partial charge in [0.1, 0.15) is 0 Å². The van der Waals surface area contributed by atoms with E-state index in [1.165, 1.54) is 10.5 Å². The van der Waals surface area contributed by atoms with Gasteiger partial charge >= 0.3 is 0 Å². The largest absolute Gasteiger partial charge is 0.392 e. The van der Waals surface area contributed by atoms with E-state index in [1.807, 2.05) is 18.8 Å². The summed E-state index contributed by atoms with van der Waals surface area (Å²) in [5.41, 5.74) is 1.31. The first-order valence-corrected chi connectivity index (χ1v) is 7.20. The number of hydrogen-bond acceptors (Lipinski definition) is 3. The first-order valence-electron chi connectivity index (χ1n) is 6.32. The molecule has 1 saturated carbocycles. The van der Waals surface area contributed by atoms with Crippen molar-refractivity contribution in [3.8, 4) is 0 Å². The van der Waals surface area contributed by atoms with Gasteiger partial charge in [0, 0.05) is 16.2 Å². The van der Waals surface area contributed by atoms with Crippen LogP contribution in [0.1, 0.15) is 37.8 Å². The van der Waals surface area contributed by atoms with Crippen molar-refractivity contribution < 1.29 is 5.11 Å². The lowest BCUT2D eigenvalue weighted by atomic mass is 10.1. The van der Waals surface area contributed by atoms with E-state index in [4.69, 9.17) is 0 Å². The minimum absolute atomic E-state index is 0.120. The van der Waals surface area contributed by atoms with Gasteiger partial charge in [0.15, 0.2) is 0 Å². The molecule has 2 N–H and O–H groups in total. The number of aliphatic hydroxyl groups excluding tert-OH is 1. The van der Waals surface area contributed by atoms with Gasteiger partial charge in [-0.15, -0.1) is 11.8 Å². The summed E-state index contributed by atoms with van der Waals surface area (Å²) in [6.45, 7) is 2.16. The maximum absolute atomic E-state index is 9.84. The summed E-state index contributed by atoms with van der Waals surface area (Å²) < 4.78 is 0. The van der Waals surface area contributed by atoms with Crippen LogP contribution in [-0.2, 0) is 0 Å². The average molecular weight is 251 g/mol. The third-order valence-corrected chi connectivity index (χ3v) is 4.87. The zero-order valence-corrected chi connectivity index (χ0v) is 11.3. The standard InChI is InChI=1S/C14H21NOS/c1-10(15-2)11-5-3-6-12(9-11)17-14-8-4-7-13(14)16/h3,5-6,9-10,13-16H,4,7-8H2,1-2H3. The summed E-state index contributed by atoms with van der Waals surface area (Å²) in [7, 11) is 1.98. The summed E-state index contributed by atoms with van der Waals surface area (Å²) in [6.07, 6.45) is 3.14. The van der Waals surface area contributed by atoms with E-state index in [1.54, 1.807) is 0 Å². The Labute approximate surface area is 108 Å². The van der Waals surface area contributed by atoms with Gasteiger partial charge in [-0.1, -0.05) is 12.1 Å². The highest BCUT2D eigenvalue weighted by Gasteiger charge is 2.25. The molecule has 17 heavy (non-hydrogen) atoms. The number of rotatable bonds is 4. The van der Waals surface area contributed by atoms with E-state index < -0.39 is 0 Å². The minimum Gasteiger partial charge on any atom is -0.392 e. The average Bonchev–Trinajstić information content (AvgIpc) is 2.74. The molecule has 1 aromatic carbocycles. The maximum Gasteiger partial charge on any atom is 0.0662 e. The molecule has 0 bridgehead atoms. The Bertz CT molecular complexity index is 369.